The summed E-state index contributed by atoms with van der Waals surface area (Å²) < 4.78 is 5.28. The molecule has 4 heteroatoms. The van der Waals surface area contributed by atoms with E-state index in [2.05, 4.69) is 0 Å². The van der Waals surface area contributed by atoms with E-state index in [0.717, 1.165) is 0 Å². The molecule has 0 spiro atoms. The summed E-state index contributed by atoms with van der Waals surface area (Å²) in [7, 11) is 0. The highest BCUT2D eigenvalue weighted by Gasteiger charge is 2.42. The van der Waals surface area contributed by atoms with Gasteiger partial charge < -0.3 is 20.1 Å². The second-order valence-electron chi connectivity index (χ2n) is 4.67. The summed E-state index contributed by atoms with van der Waals surface area (Å²) in [5.74, 6) is 0. The first-order valence-electron chi connectivity index (χ1n) is 4.50. The van der Waals surface area contributed by atoms with E-state index in [0.29, 0.717) is 0 Å². The Morgan fingerprint density at radius 2 is 1.62 bits per heavy atom. The Morgan fingerprint density at radius 3 is 2.08 bits per heavy atom. The average Bonchev–Trinajstić information content (AvgIpc) is 1.98. The minimum absolute atomic E-state index is 0.0835. The first-order chi connectivity index (χ1) is 5.84. The number of hydrogen-bond donors (Lipinski definition) is 3. The molecule has 1 heterocycles. The van der Waals surface area contributed by atoms with Crippen LogP contribution in [-0.2, 0) is 4.74 Å². The van der Waals surface area contributed by atoms with E-state index >= 15 is 0 Å². The standard InChI is InChI=1S/C9H18O4/c1-9(2,3)8-7(12)6(11)5(10)4-13-8/h5-8,10-12H,4H2,1-3H3/t5-,6?,7+,8-/m1/s1. The van der Waals surface area contributed by atoms with Crippen molar-refractivity contribution in [2.24, 2.45) is 5.41 Å². The van der Waals surface area contributed by atoms with Gasteiger partial charge in [0.05, 0.1) is 12.7 Å². The van der Waals surface area contributed by atoms with E-state index in [1.165, 1.54) is 0 Å². The van der Waals surface area contributed by atoms with Gasteiger partial charge in [0.15, 0.2) is 0 Å². The minimum atomic E-state index is -1.10. The summed E-state index contributed by atoms with van der Waals surface area (Å²) in [6, 6.07) is 0. The zero-order valence-corrected chi connectivity index (χ0v) is 8.27. The maximum Gasteiger partial charge on any atom is 0.111 e. The summed E-state index contributed by atoms with van der Waals surface area (Å²) in [5.41, 5.74) is -0.236. The fourth-order valence-corrected chi connectivity index (χ4v) is 1.57. The van der Waals surface area contributed by atoms with Gasteiger partial charge >= 0.3 is 0 Å². The lowest BCUT2D eigenvalue weighted by atomic mass is 9.81. The number of ether oxygens (including phenoxy) is 1. The summed E-state index contributed by atoms with van der Waals surface area (Å²) in [4.78, 5) is 0. The zero-order valence-electron chi connectivity index (χ0n) is 8.27. The monoisotopic (exact) mass is 190 g/mol. The van der Waals surface area contributed by atoms with E-state index in [-0.39, 0.29) is 12.0 Å². The molecule has 1 unspecified atom stereocenters. The fourth-order valence-electron chi connectivity index (χ4n) is 1.57. The SMILES string of the molecule is CC(C)(C)[C@@H]1OC[C@@H](O)C(O)[C@@H]1O. The Bertz CT molecular complexity index is 175. The van der Waals surface area contributed by atoms with Crippen LogP contribution in [-0.4, -0.2) is 46.3 Å². The van der Waals surface area contributed by atoms with Crippen LogP contribution in [0, 0.1) is 5.41 Å². The van der Waals surface area contributed by atoms with Gasteiger partial charge in [-0.1, -0.05) is 20.8 Å². The van der Waals surface area contributed by atoms with Crippen LogP contribution in [0.3, 0.4) is 0 Å². The molecule has 4 atom stereocenters. The molecular formula is C9H18O4. The summed E-state index contributed by atoms with van der Waals surface area (Å²) in [5, 5.41) is 28.2. The highest BCUT2D eigenvalue weighted by Crippen LogP contribution is 2.30. The molecule has 1 aliphatic rings. The molecular weight excluding hydrogens is 172 g/mol. The van der Waals surface area contributed by atoms with Gasteiger partial charge in [0.2, 0.25) is 0 Å². The maximum atomic E-state index is 9.61. The van der Waals surface area contributed by atoms with Gasteiger partial charge in [-0.05, 0) is 5.41 Å². The Kier molecular flexibility index (Phi) is 2.97. The fraction of sp³-hybridized carbons (Fsp3) is 1.00. The number of aliphatic hydroxyl groups is 3. The Balaban J connectivity index is 2.70. The third-order valence-corrected chi connectivity index (χ3v) is 2.35. The molecule has 0 bridgehead atoms. The lowest BCUT2D eigenvalue weighted by Gasteiger charge is -2.41. The Hall–Kier alpha value is -0.160. The predicted molar refractivity (Wildman–Crippen MR) is 47.2 cm³/mol. The second-order valence-corrected chi connectivity index (χ2v) is 4.67. The van der Waals surface area contributed by atoms with Crippen molar-refractivity contribution < 1.29 is 20.1 Å². The molecule has 4 nitrogen and oxygen atoms in total. The van der Waals surface area contributed by atoms with Crippen LogP contribution < -0.4 is 0 Å². The van der Waals surface area contributed by atoms with Crippen LogP contribution in [0.5, 0.6) is 0 Å². The normalized spacial score (nSPS) is 42.0. The highest BCUT2D eigenvalue weighted by atomic mass is 16.5. The molecule has 0 aromatic carbocycles. The predicted octanol–water partition coefficient (Wildman–Crippen LogP) is -0.486. The molecule has 1 rings (SSSR count). The first-order valence-corrected chi connectivity index (χ1v) is 4.50. The quantitative estimate of drug-likeness (QED) is 0.482. The number of hydrogen-bond acceptors (Lipinski definition) is 4. The topological polar surface area (TPSA) is 69.9 Å². The van der Waals surface area contributed by atoms with Gasteiger partial charge in [0.25, 0.3) is 0 Å². The van der Waals surface area contributed by atoms with Gasteiger partial charge in [-0.25, -0.2) is 0 Å². The summed E-state index contributed by atoms with van der Waals surface area (Å²) in [6.45, 7) is 5.85. The van der Waals surface area contributed by atoms with Crippen molar-refractivity contribution in [3.05, 3.63) is 0 Å². The highest BCUT2D eigenvalue weighted by molar-refractivity contribution is 4.92. The van der Waals surface area contributed by atoms with Crippen molar-refractivity contribution in [1.29, 1.82) is 0 Å². The van der Waals surface area contributed by atoms with Crippen LogP contribution in [0.2, 0.25) is 0 Å². The molecule has 1 aliphatic heterocycles. The Labute approximate surface area is 78.1 Å². The average molecular weight is 190 g/mol. The molecule has 13 heavy (non-hydrogen) atoms. The second kappa shape index (κ2) is 3.53. The molecule has 78 valence electrons. The Morgan fingerprint density at radius 1 is 1.08 bits per heavy atom. The van der Waals surface area contributed by atoms with Crippen LogP contribution >= 0.6 is 0 Å². The van der Waals surface area contributed by atoms with Gasteiger partial charge in [-0.2, -0.15) is 0 Å². The molecule has 0 radical (unpaired) electrons. The lowest BCUT2D eigenvalue weighted by molar-refractivity contribution is -0.211. The van der Waals surface area contributed by atoms with Crippen molar-refractivity contribution in [1.82, 2.24) is 0 Å². The van der Waals surface area contributed by atoms with Crippen molar-refractivity contribution in [3.63, 3.8) is 0 Å². The van der Waals surface area contributed by atoms with E-state index in [1.807, 2.05) is 20.8 Å². The van der Waals surface area contributed by atoms with Crippen molar-refractivity contribution >= 4 is 0 Å². The zero-order chi connectivity index (χ0) is 10.2. The molecule has 3 N–H and O–H groups in total. The van der Waals surface area contributed by atoms with Crippen LogP contribution in [0.15, 0.2) is 0 Å². The van der Waals surface area contributed by atoms with Gasteiger partial charge in [0, 0.05) is 0 Å². The largest absolute Gasteiger partial charge is 0.388 e. The summed E-state index contributed by atoms with van der Waals surface area (Å²) in [6.07, 6.45) is -3.51. The summed E-state index contributed by atoms with van der Waals surface area (Å²) >= 11 is 0. The van der Waals surface area contributed by atoms with E-state index < -0.39 is 24.4 Å². The smallest absolute Gasteiger partial charge is 0.111 e. The number of aliphatic hydroxyl groups excluding tert-OH is 3. The lowest BCUT2D eigenvalue weighted by Crippen LogP contribution is -2.56. The molecule has 1 saturated heterocycles. The molecule has 1 fully saturated rings. The molecule has 0 aromatic heterocycles. The van der Waals surface area contributed by atoms with Gasteiger partial charge in [0.1, 0.15) is 18.3 Å². The van der Waals surface area contributed by atoms with Gasteiger partial charge in [-0.15, -0.1) is 0 Å². The minimum Gasteiger partial charge on any atom is -0.388 e. The molecule has 0 aromatic rings. The number of rotatable bonds is 0. The van der Waals surface area contributed by atoms with Crippen molar-refractivity contribution in [2.45, 2.75) is 45.2 Å². The van der Waals surface area contributed by atoms with Crippen molar-refractivity contribution in [2.75, 3.05) is 6.61 Å². The van der Waals surface area contributed by atoms with Crippen LogP contribution in [0.1, 0.15) is 20.8 Å². The molecule has 0 saturated carbocycles. The van der Waals surface area contributed by atoms with E-state index in [1.54, 1.807) is 0 Å². The van der Waals surface area contributed by atoms with E-state index in [9.17, 15) is 15.3 Å². The van der Waals surface area contributed by atoms with Gasteiger partial charge in [-0.3, -0.25) is 0 Å². The maximum absolute atomic E-state index is 9.61. The van der Waals surface area contributed by atoms with Crippen LogP contribution in [0.4, 0.5) is 0 Å². The van der Waals surface area contributed by atoms with Crippen molar-refractivity contribution in [3.8, 4) is 0 Å². The molecule has 0 aliphatic carbocycles. The third kappa shape index (κ3) is 2.20. The molecule has 0 amide bonds. The first kappa shape index (κ1) is 10.9. The van der Waals surface area contributed by atoms with Crippen LogP contribution in [0.25, 0.3) is 0 Å². The van der Waals surface area contributed by atoms with E-state index in [4.69, 9.17) is 4.74 Å². The third-order valence-electron chi connectivity index (χ3n) is 2.35.